The van der Waals surface area contributed by atoms with Crippen molar-refractivity contribution in [2.75, 3.05) is 0 Å². The third-order valence-electron chi connectivity index (χ3n) is 4.94. The highest BCUT2D eigenvalue weighted by atomic mass is 19.1. The Kier molecular flexibility index (Phi) is 5.70. The van der Waals surface area contributed by atoms with Crippen LogP contribution in [0.5, 0.6) is 0 Å². The lowest BCUT2D eigenvalue weighted by atomic mass is 10.2. The minimum Gasteiger partial charge on any atom is -0.343 e. The number of carbonyl (C=O) groups excluding carboxylic acids is 1. The molecule has 4 aromatic rings. The van der Waals surface area contributed by atoms with E-state index < -0.39 is 0 Å². The highest BCUT2D eigenvalue weighted by Gasteiger charge is 2.18. The number of nitrogens with zero attached hydrogens (tertiary/aromatic N) is 2. The van der Waals surface area contributed by atoms with E-state index in [9.17, 15) is 9.18 Å². The molecule has 1 amide bonds. The molecule has 150 valence electrons. The summed E-state index contributed by atoms with van der Waals surface area (Å²) in [6.45, 7) is 2.22. The molecular weight excluding hydrogens is 377 g/mol. The third kappa shape index (κ3) is 4.30. The fourth-order valence-corrected chi connectivity index (χ4v) is 3.45. The standard InChI is InChI=1S/C25H22FN3O/c1-18(27-24(30)16-15-19-9-3-2-4-10-19)25-28-22-13-7-8-14-23(22)29(25)17-20-11-5-6-12-21(20)26/h2-16,18H,17H2,1H3,(H,27,30)/b16-15+. The van der Waals surface area contributed by atoms with Gasteiger partial charge in [-0.15, -0.1) is 0 Å². The Hall–Kier alpha value is -3.73. The highest BCUT2D eigenvalue weighted by Crippen LogP contribution is 2.23. The molecule has 5 heteroatoms. The molecule has 0 saturated heterocycles. The molecule has 0 fully saturated rings. The number of aromatic nitrogens is 2. The maximum Gasteiger partial charge on any atom is 0.244 e. The van der Waals surface area contributed by atoms with Crippen LogP contribution in [0, 0.1) is 5.82 Å². The maximum absolute atomic E-state index is 14.3. The largest absolute Gasteiger partial charge is 0.343 e. The second-order valence-corrected chi connectivity index (χ2v) is 7.11. The average Bonchev–Trinajstić information content (AvgIpc) is 3.13. The van der Waals surface area contributed by atoms with Gasteiger partial charge in [0.25, 0.3) is 0 Å². The molecule has 1 atom stereocenters. The monoisotopic (exact) mass is 399 g/mol. The van der Waals surface area contributed by atoms with Crippen molar-refractivity contribution in [2.45, 2.75) is 19.5 Å². The van der Waals surface area contributed by atoms with E-state index >= 15 is 0 Å². The first-order valence-corrected chi connectivity index (χ1v) is 9.84. The van der Waals surface area contributed by atoms with E-state index in [1.54, 1.807) is 18.2 Å². The molecule has 0 bridgehead atoms. The van der Waals surface area contributed by atoms with Crippen molar-refractivity contribution >= 4 is 23.0 Å². The first-order chi connectivity index (χ1) is 14.6. The molecule has 4 rings (SSSR count). The molecule has 0 aliphatic rings. The number of nitrogens with one attached hydrogen (secondary N) is 1. The Balaban J connectivity index is 1.60. The molecule has 1 heterocycles. The maximum atomic E-state index is 14.3. The molecule has 1 aromatic heterocycles. The summed E-state index contributed by atoms with van der Waals surface area (Å²) in [7, 11) is 0. The zero-order valence-corrected chi connectivity index (χ0v) is 16.6. The van der Waals surface area contributed by atoms with E-state index in [-0.39, 0.29) is 17.8 Å². The lowest BCUT2D eigenvalue weighted by Crippen LogP contribution is -2.27. The average molecular weight is 399 g/mol. The van der Waals surface area contributed by atoms with E-state index in [2.05, 4.69) is 5.32 Å². The smallest absolute Gasteiger partial charge is 0.244 e. The third-order valence-corrected chi connectivity index (χ3v) is 4.94. The summed E-state index contributed by atoms with van der Waals surface area (Å²) in [6.07, 6.45) is 3.28. The van der Waals surface area contributed by atoms with Gasteiger partial charge in [-0.05, 0) is 36.8 Å². The van der Waals surface area contributed by atoms with Crippen molar-refractivity contribution in [3.05, 3.63) is 108 Å². The zero-order chi connectivity index (χ0) is 20.9. The van der Waals surface area contributed by atoms with Crippen LogP contribution < -0.4 is 5.32 Å². The Morgan fingerprint density at radius 2 is 1.73 bits per heavy atom. The topological polar surface area (TPSA) is 46.9 Å². The lowest BCUT2D eigenvalue weighted by molar-refractivity contribution is -0.117. The lowest BCUT2D eigenvalue weighted by Gasteiger charge is -2.16. The van der Waals surface area contributed by atoms with Crippen LogP contribution in [0.4, 0.5) is 4.39 Å². The SMILES string of the molecule is CC(NC(=O)/C=C/c1ccccc1)c1nc2ccccc2n1Cc1ccccc1F. The van der Waals surface area contributed by atoms with Gasteiger partial charge in [-0.25, -0.2) is 9.37 Å². The minimum atomic E-state index is -0.350. The summed E-state index contributed by atoms with van der Waals surface area (Å²) < 4.78 is 16.2. The Morgan fingerprint density at radius 1 is 1.03 bits per heavy atom. The van der Waals surface area contributed by atoms with Gasteiger partial charge in [0.1, 0.15) is 11.6 Å². The van der Waals surface area contributed by atoms with Crippen molar-refractivity contribution in [1.29, 1.82) is 0 Å². The molecule has 0 radical (unpaired) electrons. The molecule has 1 N–H and O–H groups in total. The molecule has 30 heavy (non-hydrogen) atoms. The van der Waals surface area contributed by atoms with Gasteiger partial charge in [0.2, 0.25) is 5.91 Å². The van der Waals surface area contributed by atoms with Crippen LogP contribution in [0.15, 0.2) is 84.9 Å². The summed E-state index contributed by atoms with van der Waals surface area (Å²) in [4.78, 5) is 17.2. The Bertz CT molecular complexity index is 1200. The first-order valence-electron chi connectivity index (χ1n) is 9.84. The molecule has 0 spiro atoms. The number of carbonyl (C=O) groups is 1. The minimum absolute atomic E-state index is 0.212. The van der Waals surface area contributed by atoms with Gasteiger partial charge >= 0.3 is 0 Å². The molecule has 0 aliphatic carbocycles. The molecule has 3 aromatic carbocycles. The van der Waals surface area contributed by atoms with Gasteiger partial charge in [-0.2, -0.15) is 0 Å². The second-order valence-electron chi connectivity index (χ2n) is 7.11. The van der Waals surface area contributed by atoms with Crippen LogP contribution in [-0.4, -0.2) is 15.5 Å². The predicted octanol–water partition coefficient (Wildman–Crippen LogP) is 5.11. The van der Waals surface area contributed by atoms with E-state index in [1.165, 1.54) is 12.1 Å². The van der Waals surface area contributed by atoms with Crippen LogP contribution in [0.1, 0.15) is 29.9 Å². The fraction of sp³-hybridized carbons (Fsp3) is 0.120. The molecule has 1 unspecified atom stereocenters. The summed E-state index contributed by atoms with van der Waals surface area (Å²) in [5.74, 6) is 0.209. The van der Waals surface area contributed by atoms with Gasteiger partial charge < -0.3 is 9.88 Å². The second kappa shape index (κ2) is 8.74. The van der Waals surface area contributed by atoms with Crippen LogP contribution in [-0.2, 0) is 11.3 Å². The van der Waals surface area contributed by atoms with Crippen LogP contribution in [0.2, 0.25) is 0 Å². The number of para-hydroxylation sites is 2. The van der Waals surface area contributed by atoms with Crippen molar-refractivity contribution < 1.29 is 9.18 Å². The predicted molar refractivity (Wildman–Crippen MR) is 117 cm³/mol. The van der Waals surface area contributed by atoms with Gasteiger partial charge in [0, 0.05) is 11.6 Å². The van der Waals surface area contributed by atoms with Crippen molar-refractivity contribution in [1.82, 2.24) is 14.9 Å². The van der Waals surface area contributed by atoms with E-state index in [4.69, 9.17) is 4.98 Å². The van der Waals surface area contributed by atoms with Gasteiger partial charge in [0.05, 0.1) is 23.6 Å². The number of halogens is 1. The quantitative estimate of drug-likeness (QED) is 0.458. The van der Waals surface area contributed by atoms with Crippen molar-refractivity contribution in [3.8, 4) is 0 Å². The van der Waals surface area contributed by atoms with E-state index in [1.807, 2.05) is 72.2 Å². The summed E-state index contributed by atoms with van der Waals surface area (Å²) >= 11 is 0. The number of imidazole rings is 1. The van der Waals surface area contributed by atoms with Gasteiger partial charge in [-0.3, -0.25) is 4.79 Å². The normalized spacial score (nSPS) is 12.3. The van der Waals surface area contributed by atoms with Crippen LogP contribution in [0.25, 0.3) is 17.1 Å². The summed E-state index contributed by atoms with van der Waals surface area (Å²) in [5, 5.41) is 2.97. The Labute approximate surface area is 174 Å². The van der Waals surface area contributed by atoms with Gasteiger partial charge in [0.15, 0.2) is 0 Å². The summed E-state index contributed by atoms with van der Waals surface area (Å²) in [5.41, 5.74) is 3.23. The van der Waals surface area contributed by atoms with Gasteiger partial charge in [-0.1, -0.05) is 60.7 Å². The number of amides is 1. The number of rotatable bonds is 6. The molecular formula is C25H22FN3O. The molecule has 0 saturated carbocycles. The Morgan fingerprint density at radius 3 is 2.53 bits per heavy atom. The highest BCUT2D eigenvalue weighted by molar-refractivity contribution is 5.92. The number of hydrogen-bond acceptors (Lipinski definition) is 2. The van der Waals surface area contributed by atoms with E-state index in [0.29, 0.717) is 17.9 Å². The molecule has 4 nitrogen and oxygen atoms in total. The number of hydrogen-bond donors (Lipinski definition) is 1. The summed E-state index contributed by atoms with van der Waals surface area (Å²) in [6, 6.07) is 23.7. The number of benzene rings is 3. The van der Waals surface area contributed by atoms with Crippen LogP contribution >= 0.6 is 0 Å². The van der Waals surface area contributed by atoms with Crippen LogP contribution in [0.3, 0.4) is 0 Å². The van der Waals surface area contributed by atoms with E-state index in [0.717, 1.165) is 16.6 Å². The molecule has 0 aliphatic heterocycles. The van der Waals surface area contributed by atoms with Crippen molar-refractivity contribution in [3.63, 3.8) is 0 Å². The first kappa shape index (κ1) is 19.6. The fourth-order valence-electron chi connectivity index (χ4n) is 3.45. The van der Waals surface area contributed by atoms with Crippen molar-refractivity contribution in [2.24, 2.45) is 0 Å². The number of fused-ring (bicyclic) bond motifs is 1. The zero-order valence-electron chi connectivity index (χ0n) is 16.6.